The molecule has 0 saturated heterocycles. The largest absolute Gasteiger partial charge is 0.368 e. The van der Waals surface area contributed by atoms with Gasteiger partial charge in [0.25, 0.3) is 0 Å². The van der Waals surface area contributed by atoms with Gasteiger partial charge < -0.3 is 11.1 Å². The standard InChI is InChI=1S/C16H26N2OS/c1-5-18-16(4,15(17)19)10-13(3)20-11-14-9-7-6-8-12(14)2/h6-9,13,18H,5,10-11H2,1-4H3,(H2,17,19). The first-order chi connectivity index (χ1) is 9.39. The number of rotatable bonds is 8. The molecule has 1 amide bonds. The van der Waals surface area contributed by atoms with E-state index in [0.717, 1.165) is 18.7 Å². The van der Waals surface area contributed by atoms with Gasteiger partial charge in [-0.05, 0) is 37.9 Å². The molecule has 0 saturated carbocycles. The van der Waals surface area contributed by atoms with Crippen molar-refractivity contribution < 1.29 is 4.79 Å². The topological polar surface area (TPSA) is 55.1 Å². The van der Waals surface area contributed by atoms with Crippen LogP contribution in [0.2, 0.25) is 0 Å². The molecule has 4 heteroatoms. The molecule has 0 aromatic heterocycles. The number of benzene rings is 1. The van der Waals surface area contributed by atoms with Gasteiger partial charge in [0.2, 0.25) is 5.91 Å². The average molecular weight is 294 g/mol. The lowest BCUT2D eigenvalue weighted by atomic mass is 9.95. The van der Waals surface area contributed by atoms with Gasteiger partial charge in [-0.2, -0.15) is 11.8 Å². The maximum Gasteiger partial charge on any atom is 0.237 e. The minimum Gasteiger partial charge on any atom is -0.368 e. The third-order valence-electron chi connectivity index (χ3n) is 3.59. The van der Waals surface area contributed by atoms with Gasteiger partial charge in [0.05, 0.1) is 5.54 Å². The molecule has 0 heterocycles. The zero-order valence-electron chi connectivity index (χ0n) is 12.9. The van der Waals surface area contributed by atoms with Crippen molar-refractivity contribution in [1.29, 1.82) is 0 Å². The summed E-state index contributed by atoms with van der Waals surface area (Å²) >= 11 is 1.87. The van der Waals surface area contributed by atoms with Crippen LogP contribution in [0, 0.1) is 6.92 Å². The van der Waals surface area contributed by atoms with Crippen LogP contribution in [0.25, 0.3) is 0 Å². The maximum atomic E-state index is 11.6. The lowest BCUT2D eigenvalue weighted by molar-refractivity contribution is -0.124. The van der Waals surface area contributed by atoms with Crippen molar-refractivity contribution in [3.8, 4) is 0 Å². The number of nitrogens with two attached hydrogens (primary N) is 1. The summed E-state index contributed by atoms with van der Waals surface area (Å²) in [4.78, 5) is 11.6. The molecule has 0 spiro atoms. The molecule has 20 heavy (non-hydrogen) atoms. The summed E-state index contributed by atoms with van der Waals surface area (Å²) in [5.74, 6) is 0.692. The third-order valence-corrected chi connectivity index (χ3v) is 4.80. The number of aryl methyl sites for hydroxylation is 1. The first-order valence-electron chi connectivity index (χ1n) is 7.10. The fourth-order valence-corrected chi connectivity index (χ4v) is 3.53. The van der Waals surface area contributed by atoms with Crippen LogP contribution >= 0.6 is 11.8 Å². The van der Waals surface area contributed by atoms with Crippen LogP contribution in [0.3, 0.4) is 0 Å². The SMILES string of the molecule is CCNC(C)(CC(C)SCc1ccccc1C)C(N)=O. The van der Waals surface area contributed by atoms with Crippen molar-refractivity contribution in [2.24, 2.45) is 5.73 Å². The fraction of sp³-hybridized carbons (Fsp3) is 0.562. The Labute approximate surface area is 126 Å². The van der Waals surface area contributed by atoms with E-state index in [1.54, 1.807) is 0 Å². The maximum absolute atomic E-state index is 11.6. The number of carbonyl (C=O) groups excluding carboxylic acids is 1. The summed E-state index contributed by atoms with van der Waals surface area (Å²) in [5, 5.41) is 3.58. The summed E-state index contributed by atoms with van der Waals surface area (Å²) in [6, 6.07) is 8.42. The van der Waals surface area contributed by atoms with E-state index in [0.29, 0.717) is 5.25 Å². The lowest BCUT2D eigenvalue weighted by Crippen LogP contribution is -2.54. The molecule has 0 fully saturated rings. The van der Waals surface area contributed by atoms with E-state index in [9.17, 15) is 4.79 Å². The van der Waals surface area contributed by atoms with Gasteiger partial charge in [0.1, 0.15) is 0 Å². The number of hydrogen-bond acceptors (Lipinski definition) is 3. The zero-order chi connectivity index (χ0) is 15.2. The van der Waals surface area contributed by atoms with E-state index in [1.807, 2.05) is 25.6 Å². The Morgan fingerprint density at radius 3 is 2.65 bits per heavy atom. The Morgan fingerprint density at radius 1 is 1.45 bits per heavy atom. The second-order valence-corrected chi connectivity index (χ2v) is 6.91. The van der Waals surface area contributed by atoms with Crippen LogP contribution in [0.15, 0.2) is 24.3 Å². The monoisotopic (exact) mass is 294 g/mol. The van der Waals surface area contributed by atoms with E-state index in [1.165, 1.54) is 11.1 Å². The highest BCUT2D eigenvalue weighted by Crippen LogP contribution is 2.26. The van der Waals surface area contributed by atoms with E-state index in [2.05, 4.69) is 43.4 Å². The molecule has 112 valence electrons. The third kappa shape index (κ3) is 4.84. The molecule has 1 aromatic carbocycles. The Morgan fingerprint density at radius 2 is 2.10 bits per heavy atom. The number of thioether (sulfide) groups is 1. The molecule has 3 N–H and O–H groups in total. The summed E-state index contributed by atoms with van der Waals surface area (Å²) in [6.07, 6.45) is 0.743. The lowest BCUT2D eigenvalue weighted by Gasteiger charge is -2.29. The van der Waals surface area contributed by atoms with E-state index < -0.39 is 5.54 Å². The van der Waals surface area contributed by atoms with Crippen molar-refractivity contribution in [3.05, 3.63) is 35.4 Å². The first-order valence-corrected chi connectivity index (χ1v) is 8.15. The first kappa shape index (κ1) is 17.1. The number of primary amides is 1. The second kappa shape index (κ2) is 7.70. The molecule has 0 aliphatic carbocycles. The van der Waals surface area contributed by atoms with Gasteiger partial charge in [-0.1, -0.05) is 38.1 Å². The molecule has 2 atom stereocenters. The zero-order valence-corrected chi connectivity index (χ0v) is 13.7. The van der Waals surface area contributed by atoms with E-state index in [4.69, 9.17) is 5.73 Å². The highest BCUT2D eigenvalue weighted by molar-refractivity contribution is 7.99. The number of hydrogen-bond donors (Lipinski definition) is 2. The quantitative estimate of drug-likeness (QED) is 0.775. The van der Waals surface area contributed by atoms with Crippen molar-refractivity contribution in [2.75, 3.05) is 6.54 Å². The van der Waals surface area contributed by atoms with Crippen molar-refractivity contribution in [3.63, 3.8) is 0 Å². The Kier molecular flexibility index (Phi) is 6.56. The average Bonchev–Trinajstić information content (AvgIpc) is 2.38. The van der Waals surface area contributed by atoms with Gasteiger partial charge in [-0.3, -0.25) is 4.79 Å². The Balaban J connectivity index is 2.56. The molecule has 1 aromatic rings. The number of carbonyl (C=O) groups is 1. The van der Waals surface area contributed by atoms with Crippen molar-refractivity contribution >= 4 is 17.7 Å². The summed E-state index contributed by atoms with van der Waals surface area (Å²) in [7, 11) is 0. The van der Waals surface area contributed by atoms with Gasteiger partial charge in [0, 0.05) is 11.0 Å². The molecule has 0 aliphatic rings. The van der Waals surface area contributed by atoms with Crippen LogP contribution in [0.5, 0.6) is 0 Å². The summed E-state index contributed by atoms with van der Waals surface area (Å²) < 4.78 is 0. The van der Waals surface area contributed by atoms with Gasteiger partial charge >= 0.3 is 0 Å². The number of likely N-dealkylation sites (N-methyl/N-ethyl adjacent to an activating group) is 1. The van der Waals surface area contributed by atoms with Gasteiger partial charge in [-0.25, -0.2) is 0 Å². The van der Waals surface area contributed by atoms with Crippen LogP contribution in [-0.4, -0.2) is 23.2 Å². The van der Waals surface area contributed by atoms with E-state index in [-0.39, 0.29) is 5.91 Å². The predicted octanol–water partition coefficient (Wildman–Crippen LogP) is 2.86. The van der Waals surface area contributed by atoms with Crippen molar-refractivity contribution in [2.45, 2.75) is 50.7 Å². The highest BCUT2D eigenvalue weighted by atomic mass is 32.2. The minimum atomic E-state index is -0.618. The van der Waals surface area contributed by atoms with Gasteiger partial charge in [-0.15, -0.1) is 0 Å². The Bertz CT molecular complexity index is 450. The fourth-order valence-electron chi connectivity index (χ4n) is 2.29. The summed E-state index contributed by atoms with van der Waals surface area (Å²) in [5.41, 5.74) is 7.58. The van der Waals surface area contributed by atoms with Crippen LogP contribution in [-0.2, 0) is 10.5 Å². The van der Waals surface area contributed by atoms with Crippen LogP contribution in [0.4, 0.5) is 0 Å². The smallest absolute Gasteiger partial charge is 0.237 e. The van der Waals surface area contributed by atoms with Crippen molar-refractivity contribution in [1.82, 2.24) is 5.32 Å². The molecule has 3 nitrogen and oxygen atoms in total. The molecular weight excluding hydrogens is 268 g/mol. The molecule has 2 unspecified atom stereocenters. The summed E-state index contributed by atoms with van der Waals surface area (Å²) in [6.45, 7) is 8.92. The molecular formula is C16H26N2OS. The Hall–Kier alpha value is -1.00. The molecule has 0 aliphatic heterocycles. The van der Waals surface area contributed by atoms with Crippen LogP contribution < -0.4 is 11.1 Å². The highest BCUT2D eigenvalue weighted by Gasteiger charge is 2.31. The van der Waals surface area contributed by atoms with Gasteiger partial charge in [0.15, 0.2) is 0 Å². The van der Waals surface area contributed by atoms with Crippen LogP contribution in [0.1, 0.15) is 38.3 Å². The number of nitrogens with one attached hydrogen (secondary N) is 1. The minimum absolute atomic E-state index is 0.275. The number of amides is 1. The second-order valence-electron chi connectivity index (χ2n) is 5.48. The normalized spacial score (nSPS) is 15.6. The predicted molar refractivity (Wildman–Crippen MR) is 87.8 cm³/mol. The molecule has 1 rings (SSSR count). The molecule has 0 bridgehead atoms. The molecule has 0 radical (unpaired) electrons. The van der Waals surface area contributed by atoms with E-state index >= 15 is 0 Å².